The van der Waals surface area contributed by atoms with E-state index in [4.69, 9.17) is 27.2 Å². The lowest BCUT2D eigenvalue weighted by Crippen LogP contribution is -2.33. The maximum atomic E-state index is 11.2. The second kappa shape index (κ2) is 6.81. The van der Waals surface area contributed by atoms with Crippen molar-refractivity contribution in [3.05, 3.63) is 22.7 Å². The first-order valence-electron chi connectivity index (χ1n) is 6.75. The fourth-order valence-electron chi connectivity index (χ4n) is 2.38. The number of nitrogens with zero attached hydrogens (tertiary/aromatic N) is 1. The Labute approximate surface area is 123 Å². The molecule has 1 heterocycles. The fraction of sp³-hybridized carbons (Fsp3) is 0.500. The number of carboxylic acids is 1. The third-order valence-corrected chi connectivity index (χ3v) is 3.68. The number of likely N-dealkylation sites (tertiary alicyclic amines) is 1. The smallest absolute Gasteiger partial charge is 0.339 e. The Balaban J connectivity index is 1.99. The van der Waals surface area contributed by atoms with Crippen LogP contribution in [0.5, 0.6) is 5.75 Å². The Morgan fingerprint density at radius 1 is 1.35 bits per heavy atom. The first-order valence-corrected chi connectivity index (χ1v) is 7.13. The molecule has 1 saturated heterocycles. The zero-order valence-electron chi connectivity index (χ0n) is 11.3. The number of piperidine rings is 1. The molecule has 6 heteroatoms. The van der Waals surface area contributed by atoms with Crippen molar-refractivity contribution in [2.24, 2.45) is 0 Å². The van der Waals surface area contributed by atoms with E-state index in [0.717, 1.165) is 19.6 Å². The quantitative estimate of drug-likeness (QED) is 0.817. The minimum Gasteiger partial charge on any atom is -0.490 e. The molecule has 1 aromatic rings. The molecule has 1 fully saturated rings. The highest BCUT2D eigenvalue weighted by Gasteiger charge is 2.17. The number of hydrogen-bond donors (Lipinski definition) is 2. The molecule has 0 aliphatic carbocycles. The Bertz CT molecular complexity index is 488. The predicted octanol–water partition coefficient (Wildman–Crippen LogP) is 2.49. The summed E-state index contributed by atoms with van der Waals surface area (Å²) in [6.45, 7) is 3.35. The summed E-state index contributed by atoms with van der Waals surface area (Å²) >= 11 is 6.02. The SMILES string of the molecule is Nc1cc(Cl)c(OCCN2CCCCC2)c(C(=O)O)c1. The van der Waals surface area contributed by atoms with E-state index in [1.54, 1.807) is 0 Å². The van der Waals surface area contributed by atoms with Gasteiger partial charge in [0.2, 0.25) is 0 Å². The largest absolute Gasteiger partial charge is 0.490 e. The highest BCUT2D eigenvalue weighted by Crippen LogP contribution is 2.31. The lowest BCUT2D eigenvalue weighted by Gasteiger charge is -2.26. The minimum atomic E-state index is -1.09. The molecule has 0 radical (unpaired) electrons. The summed E-state index contributed by atoms with van der Waals surface area (Å²) in [5.74, 6) is -0.891. The van der Waals surface area contributed by atoms with Crippen molar-refractivity contribution >= 4 is 23.3 Å². The van der Waals surface area contributed by atoms with Crippen LogP contribution in [0.3, 0.4) is 0 Å². The molecule has 20 heavy (non-hydrogen) atoms. The van der Waals surface area contributed by atoms with Crippen LogP contribution in [0.2, 0.25) is 5.02 Å². The first-order chi connectivity index (χ1) is 9.58. The molecule has 1 aromatic carbocycles. The molecule has 0 atom stereocenters. The third-order valence-electron chi connectivity index (χ3n) is 3.40. The van der Waals surface area contributed by atoms with Gasteiger partial charge in [-0.2, -0.15) is 0 Å². The van der Waals surface area contributed by atoms with Crippen LogP contribution >= 0.6 is 11.6 Å². The van der Waals surface area contributed by atoms with Crippen molar-refractivity contribution in [2.45, 2.75) is 19.3 Å². The standard InChI is InChI=1S/C14H19ClN2O3/c15-12-9-10(16)8-11(14(18)19)13(12)20-7-6-17-4-2-1-3-5-17/h8-9H,1-7,16H2,(H,18,19). The second-order valence-corrected chi connectivity index (χ2v) is 5.34. The number of hydrogen-bond acceptors (Lipinski definition) is 4. The average Bonchev–Trinajstić information content (AvgIpc) is 2.41. The van der Waals surface area contributed by atoms with Gasteiger partial charge < -0.3 is 15.6 Å². The Morgan fingerprint density at radius 2 is 2.05 bits per heavy atom. The number of carboxylic acid groups (broad SMARTS) is 1. The van der Waals surface area contributed by atoms with E-state index in [9.17, 15) is 4.79 Å². The number of anilines is 1. The van der Waals surface area contributed by atoms with Gasteiger partial charge >= 0.3 is 5.97 Å². The van der Waals surface area contributed by atoms with E-state index < -0.39 is 5.97 Å². The van der Waals surface area contributed by atoms with Crippen LogP contribution < -0.4 is 10.5 Å². The number of benzene rings is 1. The summed E-state index contributed by atoms with van der Waals surface area (Å²) < 4.78 is 5.58. The van der Waals surface area contributed by atoms with Gasteiger partial charge in [-0.1, -0.05) is 18.0 Å². The Morgan fingerprint density at radius 3 is 2.70 bits per heavy atom. The van der Waals surface area contributed by atoms with Gasteiger partial charge in [-0.15, -0.1) is 0 Å². The molecule has 0 aromatic heterocycles. The number of nitrogens with two attached hydrogens (primary N) is 1. The molecule has 1 aliphatic heterocycles. The van der Waals surface area contributed by atoms with Gasteiger partial charge in [0.05, 0.1) is 5.02 Å². The Kier molecular flexibility index (Phi) is 5.09. The van der Waals surface area contributed by atoms with Crippen LogP contribution in [-0.2, 0) is 0 Å². The van der Waals surface area contributed by atoms with E-state index >= 15 is 0 Å². The van der Waals surface area contributed by atoms with Crippen molar-refractivity contribution in [2.75, 3.05) is 32.0 Å². The third kappa shape index (κ3) is 3.77. The zero-order valence-corrected chi connectivity index (χ0v) is 12.0. The molecule has 110 valence electrons. The summed E-state index contributed by atoms with van der Waals surface area (Å²) in [7, 11) is 0. The van der Waals surface area contributed by atoms with E-state index in [-0.39, 0.29) is 16.3 Å². The number of halogens is 1. The average molecular weight is 299 g/mol. The summed E-state index contributed by atoms with van der Waals surface area (Å²) in [5, 5.41) is 9.40. The molecule has 0 unspecified atom stereocenters. The molecule has 0 bridgehead atoms. The topological polar surface area (TPSA) is 75.8 Å². The van der Waals surface area contributed by atoms with Crippen LogP contribution in [0.1, 0.15) is 29.6 Å². The van der Waals surface area contributed by atoms with Crippen LogP contribution in [-0.4, -0.2) is 42.2 Å². The summed E-state index contributed by atoms with van der Waals surface area (Å²) in [5.41, 5.74) is 5.92. The Hall–Kier alpha value is -1.46. The maximum Gasteiger partial charge on any atom is 0.339 e. The zero-order chi connectivity index (χ0) is 14.5. The molecule has 2 rings (SSSR count). The second-order valence-electron chi connectivity index (χ2n) is 4.94. The lowest BCUT2D eigenvalue weighted by molar-refractivity contribution is 0.0691. The van der Waals surface area contributed by atoms with E-state index in [1.807, 2.05) is 0 Å². The highest BCUT2D eigenvalue weighted by molar-refractivity contribution is 6.33. The lowest BCUT2D eigenvalue weighted by atomic mass is 10.1. The predicted molar refractivity (Wildman–Crippen MR) is 78.6 cm³/mol. The van der Waals surface area contributed by atoms with Crippen LogP contribution in [0.4, 0.5) is 5.69 Å². The fourth-order valence-corrected chi connectivity index (χ4v) is 2.66. The van der Waals surface area contributed by atoms with Gasteiger partial charge in [-0.3, -0.25) is 4.90 Å². The van der Waals surface area contributed by atoms with Crippen molar-refractivity contribution < 1.29 is 14.6 Å². The van der Waals surface area contributed by atoms with Gasteiger partial charge in [-0.05, 0) is 38.1 Å². The van der Waals surface area contributed by atoms with Gasteiger partial charge in [-0.25, -0.2) is 4.79 Å². The van der Waals surface area contributed by atoms with E-state index in [1.165, 1.54) is 31.4 Å². The maximum absolute atomic E-state index is 11.2. The molecular formula is C14H19ClN2O3. The van der Waals surface area contributed by atoms with Crippen LogP contribution in [0, 0.1) is 0 Å². The van der Waals surface area contributed by atoms with Crippen molar-refractivity contribution in [3.63, 3.8) is 0 Å². The van der Waals surface area contributed by atoms with Gasteiger partial charge in [0.1, 0.15) is 12.2 Å². The van der Waals surface area contributed by atoms with Crippen molar-refractivity contribution in [3.8, 4) is 5.75 Å². The van der Waals surface area contributed by atoms with Gasteiger partial charge in [0.25, 0.3) is 0 Å². The van der Waals surface area contributed by atoms with Gasteiger partial charge in [0.15, 0.2) is 5.75 Å². The normalized spacial score (nSPS) is 16.1. The molecule has 1 aliphatic rings. The van der Waals surface area contributed by atoms with Gasteiger partial charge in [0, 0.05) is 12.2 Å². The minimum absolute atomic E-state index is 0.00800. The summed E-state index contributed by atoms with van der Waals surface area (Å²) in [6, 6.07) is 2.87. The highest BCUT2D eigenvalue weighted by atomic mass is 35.5. The van der Waals surface area contributed by atoms with E-state index in [2.05, 4.69) is 4.90 Å². The van der Waals surface area contributed by atoms with Crippen LogP contribution in [0.25, 0.3) is 0 Å². The first kappa shape index (κ1) is 14.9. The number of carbonyl (C=O) groups is 1. The van der Waals surface area contributed by atoms with Crippen LogP contribution in [0.15, 0.2) is 12.1 Å². The molecular weight excluding hydrogens is 280 g/mol. The van der Waals surface area contributed by atoms with E-state index in [0.29, 0.717) is 12.3 Å². The molecule has 5 nitrogen and oxygen atoms in total. The molecule has 3 N–H and O–H groups in total. The molecule has 0 spiro atoms. The monoisotopic (exact) mass is 298 g/mol. The molecule has 0 amide bonds. The molecule has 0 saturated carbocycles. The number of ether oxygens (including phenoxy) is 1. The number of rotatable bonds is 5. The summed E-state index contributed by atoms with van der Waals surface area (Å²) in [4.78, 5) is 13.5. The van der Waals surface area contributed by atoms with Crippen molar-refractivity contribution in [1.29, 1.82) is 0 Å². The summed E-state index contributed by atoms with van der Waals surface area (Å²) in [6.07, 6.45) is 3.70. The number of aromatic carboxylic acids is 1. The number of nitrogen functional groups attached to an aromatic ring is 1. The van der Waals surface area contributed by atoms with Crippen molar-refractivity contribution in [1.82, 2.24) is 4.90 Å².